The Balaban J connectivity index is 1.76. The number of carbonyl (C=O) groups excluding carboxylic acids is 2. The summed E-state index contributed by atoms with van der Waals surface area (Å²) >= 11 is 6.31. The van der Waals surface area contributed by atoms with Gasteiger partial charge in [0.1, 0.15) is 0 Å². The molecule has 0 aliphatic heterocycles. The van der Waals surface area contributed by atoms with E-state index in [-0.39, 0.29) is 5.78 Å². The minimum absolute atomic E-state index is 0.255. The summed E-state index contributed by atoms with van der Waals surface area (Å²) in [6, 6.07) is 23.5. The van der Waals surface area contributed by atoms with Gasteiger partial charge < -0.3 is 4.74 Å². The lowest BCUT2D eigenvalue weighted by molar-refractivity contribution is 0.0320. The number of halogens is 1. The summed E-state index contributed by atoms with van der Waals surface area (Å²) in [4.78, 5) is 30.6. The van der Waals surface area contributed by atoms with E-state index >= 15 is 0 Å². The van der Waals surface area contributed by atoms with E-state index in [0.29, 0.717) is 32.7 Å². The Morgan fingerprint density at radius 2 is 1.58 bits per heavy atom. The molecule has 0 amide bonds. The molecule has 4 rings (SSSR count). The zero-order valence-electron chi connectivity index (χ0n) is 17.1. The molecular formula is C26H20ClNO3. The van der Waals surface area contributed by atoms with Gasteiger partial charge in [-0.05, 0) is 31.5 Å². The van der Waals surface area contributed by atoms with Crippen molar-refractivity contribution in [3.05, 3.63) is 101 Å². The third-order valence-electron chi connectivity index (χ3n) is 5.17. The number of hydrogen-bond donors (Lipinski definition) is 0. The topological polar surface area (TPSA) is 56.3 Å². The van der Waals surface area contributed by atoms with Gasteiger partial charge in [0.2, 0.25) is 5.78 Å². The quantitative estimate of drug-likeness (QED) is 0.276. The summed E-state index contributed by atoms with van der Waals surface area (Å²) in [5.74, 6) is -0.835. The number of aryl methyl sites for hydroxylation is 1. The molecule has 0 radical (unpaired) electrons. The van der Waals surface area contributed by atoms with Gasteiger partial charge in [-0.3, -0.25) is 4.79 Å². The molecule has 4 nitrogen and oxygen atoms in total. The number of aromatic nitrogens is 1. The molecule has 0 saturated heterocycles. The van der Waals surface area contributed by atoms with Crippen LogP contribution in [0.2, 0.25) is 5.02 Å². The highest BCUT2D eigenvalue weighted by molar-refractivity contribution is 6.32. The normalized spacial score (nSPS) is 11.8. The van der Waals surface area contributed by atoms with Crippen molar-refractivity contribution >= 4 is 34.3 Å². The van der Waals surface area contributed by atoms with Gasteiger partial charge >= 0.3 is 5.97 Å². The first-order chi connectivity index (χ1) is 15.0. The largest absolute Gasteiger partial charge is 0.451 e. The summed E-state index contributed by atoms with van der Waals surface area (Å²) in [5.41, 5.74) is 3.74. The monoisotopic (exact) mass is 429 g/mol. The van der Waals surface area contributed by atoms with Crippen LogP contribution in [0, 0.1) is 6.92 Å². The summed E-state index contributed by atoms with van der Waals surface area (Å²) in [6.07, 6.45) is -0.924. The molecule has 0 aliphatic carbocycles. The van der Waals surface area contributed by atoms with E-state index < -0.39 is 12.1 Å². The molecule has 1 aromatic heterocycles. The van der Waals surface area contributed by atoms with Gasteiger partial charge in [0.25, 0.3) is 0 Å². The first kappa shape index (κ1) is 20.8. The number of rotatable bonds is 5. The molecule has 1 atom stereocenters. The van der Waals surface area contributed by atoms with Crippen LogP contribution >= 0.6 is 11.6 Å². The fourth-order valence-electron chi connectivity index (χ4n) is 3.44. The Hall–Kier alpha value is -3.50. The third kappa shape index (κ3) is 4.21. The lowest BCUT2D eigenvalue weighted by atomic mass is 10.0. The van der Waals surface area contributed by atoms with Crippen molar-refractivity contribution in [2.45, 2.75) is 20.0 Å². The Bertz CT molecular complexity index is 1270. The molecule has 0 unspecified atom stereocenters. The maximum atomic E-state index is 13.1. The maximum Gasteiger partial charge on any atom is 0.339 e. The molecule has 0 N–H and O–H groups in total. The molecule has 0 spiro atoms. The number of nitrogens with zero attached hydrogens (tertiary/aromatic N) is 1. The van der Waals surface area contributed by atoms with Crippen LogP contribution in [0.4, 0.5) is 0 Å². The molecule has 3 aromatic carbocycles. The van der Waals surface area contributed by atoms with Crippen molar-refractivity contribution in [2.24, 2.45) is 0 Å². The first-order valence-corrected chi connectivity index (χ1v) is 10.3. The van der Waals surface area contributed by atoms with E-state index in [1.807, 2.05) is 43.3 Å². The van der Waals surface area contributed by atoms with Gasteiger partial charge in [-0.2, -0.15) is 0 Å². The van der Waals surface area contributed by atoms with Crippen molar-refractivity contribution in [2.75, 3.05) is 0 Å². The van der Waals surface area contributed by atoms with Crippen LogP contribution in [0.1, 0.15) is 33.2 Å². The molecule has 31 heavy (non-hydrogen) atoms. The Kier molecular flexibility index (Phi) is 5.83. The van der Waals surface area contributed by atoms with E-state index in [2.05, 4.69) is 0 Å². The molecule has 0 aliphatic rings. The van der Waals surface area contributed by atoms with Crippen LogP contribution in [-0.4, -0.2) is 22.8 Å². The van der Waals surface area contributed by atoms with Crippen LogP contribution < -0.4 is 0 Å². The fourth-order valence-corrected chi connectivity index (χ4v) is 3.60. The number of esters is 1. The summed E-state index contributed by atoms with van der Waals surface area (Å²) in [6.45, 7) is 3.44. The van der Waals surface area contributed by atoms with Gasteiger partial charge in [-0.15, -0.1) is 0 Å². The van der Waals surface area contributed by atoms with Gasteiger partial charge in [-0.25, -0.2) is 9.78 Å². The molecule has 0 saturated carbocycles. The molecule has 4 aromatic rings. The van der Waals surface area contributed by atoms with Crippen LogP contribution in [0.5, 0.6) is 0 Å². The standard InChI is InChI=1S/C26H20ClNO3/c1-16-22(27)14-13-20-21(15-23(28-24(16)20)18-9-5-3-6-10-18)26(30)31-17(2)25(29)19-11-7-4-8-12-19/h3-15,17H,1-2H3/t17-/m0/s1. The number of benzene rings is 3. The van der Waals surface area contributed by atoms with Gasteiger partial charge in [0.05, 0.1) is 16.8 Å². The third-order valence-corrected chi connectivity index (χ3v) is 5.58. The van der Waals surface area contributed by atoms with Crippen LogP contribution in [0.3, 0.4) is 0 Å². The van der Waals surface area contributed by atoms with Crippen LogP contribution in [0.25, 0.3) is 22.2 Å². The Labute approximate surface area is 185 Å². The highest BCUT2D eigenvalue weighted by Crippen LogP contribution is 2.30. The lowest BCUT2D eigenvalue weighted by Gasteiger charge is -2.15. The molecule has 154 valence electrons. The average Bonchev–Trinajstić information content (AvgIpc) is 2.81. The predicted molar refractivity (Wildman–Crippen MR) is 123 cm³/mol. The molecule has 1 heterocycles. The number of fused-ring (bicyclic) bond motifs is 1. The number of hydrogen-bond acceptors (Lipinski definition) is 4. The minimum Gasteiger partial charge on any atom is -0.451 e. The minimum atomic E-state index is -0.924. The highest BCUT2D eigenvalue weighted by Gasteiger charge is 2.23. The van der Waals surface area contributed by atoms with Crippen molar-refractivity contribution in [1.82, 2.24) is 4.98 Å². The fraction of sp³-hybridized carbons (Fsp3) is 0.115. The zero-order chi connectivity index (χ0) is 22.0. The second-order valence-corrected chi connectivity index (χ2v) is 7.67. The molecule has 5 heteroatoms. The summed E-state index contributed by atoms with van der Waals surface area (Å²) in [5, 5.41) is 1.20. The van der Waals surface area contributed by atoms with Crippen molar-refractivity contribution < 1.29 is 14.3 Å². The van der Waals surface area contributed by atoms with Crippen molar-refractivity contribution in [3.63, 3.8) is 0 Å². The predicted octanol–water partition coefficient (Wildman–Crippen LogP) is 6.29. The van der Waals surface area contributed by atoms with Crippen LogP contribution in [-0.2, 0) is 4.74 Å². The second-order valence-electron chi connectivity index (χ2n) is 7.27. The van der Waals surface area contributed by atoms with E-state index in [1.54, 1.807) is 49.4 Å². The smallest absolute Gasteiger partial charge is 0.339 e. The van der Waals surface area contributed by atoms with E-state index in [4.69, 9.17) is 21.3 Å². The number of ether oxygens (including phenoxy) is 1. The van der Waals surface area contributed by atoms with E-state index in [1.165, 1.54) is 0 Å². The number of pyridine rings is 1. The summed E-state index contributed by atoms with van der Waals surface area (Å²) in [7, 11) is 0. The van der Waals surface area contributed by atoms with E-state index in [0.717, 1.165) is 11.1 Å². The SMILES string of the molecule is Cc1c(Cl)ccc2c(C(=O)O[C@@H](C)C(=O)c3ccccc3)cc(-c3ccccc3)nc12. The Morgan fingerprint density at radius 1 is 0.935 bits per heavy atom. The van der Waals surface area contributed by atoms with Crippen LogP contribution in [0.15, 0.2) is 78.9 Å². The molecular weight excluding hydrogens is 410 g/mol. The van der Waals surface area contributed by atoms with Gasteiger partial charge in [-0.1, -0.05) is 78.3 Å². The first-order valence-electron chi connectivity index (χ1n) is 9.91. The molecule has 0 fully saturated rings. The average molecular weight is 430 g/mol. The second kappa shape index (κ2) is 8.70. The number of ketones is 1. The maximum absolute atomic E-state index is 13.1. The Morgan fingerprint density at radius 3 is 2.26 bits per heavy atom. The number of Topliss-reactive ketones (excluding diaryl/α,β-unsaturated/α-hetero) is 1. The lowest BCUT2D eigenvalue weighted by Crippen LogP contribution is -2.24. The van der Waals surface area contributed by atoms with Crippen molar-refractivity contribution in [3.8, 4) is 11.3 Å². The van der Waals surface area contributed by atoms with E-state index in [9.17, 15) is 9.59 Å². The summed E-state index contributed by atoms with van der Waals surface area (Å²) < 4.78 is 5.57. The molecule has 0 bridgehead atoms. The van der Waals surface area contributed by atoms with Crippen molar-refractivity contribution in [1.29, 1.82) is 0 Å². The zero-order valence-corrected chi connectivity index (χ0v) is 17.9. The van der Waals surface area contributed by atoms with Gasteiger partial charge in [0, 0.05) is 21.5 Å². The highest BCUT2D eigenvalue weighted by atomic mass is 35.5. The number of carbonyl (C=O) groups is 2. The van der Waals surface area contributed by atoms with Gasteiger partial charge in [0.15, 0.2) is 6.10 Å².